The third kappa shape index (κ3) is 4.91. The van der Waals surface area contributed by atoms with Crippen LogP contribution in [0.5, 0.6) is 11.5 Å². The summed E-state index contributed by atoms with van der Waals surface area (Å²) in [6.45, 7) is 0.0795. The Morgan fingerprint density at radius 2 is 1.81 bits per heavy atom. The summed E-state index contributed by atoms with van der Waals surface area (Å²) in [7, 11) is 1.60. The minimum absolute atomic E-state index is 0.0795. The molecule has 32 heavy (non-hydrogen) atoms. The molecule has 4 aromatic rings. The maximum Gasteiger partial charge on any atom is 0.255 e. The standard InChI is InChI=1S/C24H18N4O4/c1-30-20-11-9-18(10-12-20)24-28-27-22(32-24)15-31-21-4-2-3-19(13-21)26-23(29)17-7-5-16(14-25)6-8-17/h2-13H,15H2,1H3,(H,26,29). The second kappa shape index (κ2) is 9.45. The molecule has 4 rings (SSSR count). The van der Waals surface area contributed by atoms with Gasteiger partial charge in [0.15, 0.2) is 6.61 Å². The number of carbonyl (C=O) groups excluding carboxylic acids is 1. The van der Waals surface area contributed by atoms with Gasteiger partial charge >= 0.3 is 0 Å². The van der Waals surface area contributed by atoms with Crippen LogP contribution >= 0.6 is 0 Å². The van der Waals surface area contributed by atoms with Crippen LogP contribution in [0.25, 0.3) is 11.5 Å². The number of hydrogen-bond donors (Lipinski definition) is 1. The normalized spacial score (nSPS) is 10.2. The van der Waals surface area contributed by atoms with E-state index in [2.05, 4.69) is 15.5 Å². The van der Waals surface area contributed by atoms with Gasteiger partial charge in [0.05, 0.1) is 18.7 Å². The van der Waals surface area contributed by atoms with Crippen LogP contribution in [0.2, 0.25) is 0 Å². The monoisotopic (exact) mass is 426 g/mol. The highest BCUT2D eigenvalue weighted by atomic mass is 16.5. The van der Waals surface area contributed by atoms with Crippen LogP contribution in [-0.4, -0.2) is 23.2 Å². The van der Waals surface area contributed by atoms with E-state index < -0.39 is 0 Å². The smallest absolute Gasteiger partial charge is 0.255 e. The van der Waals surface area contributed by atoms with Gasteiger partial charge in [0, 0.05) is 22.9 Å². The molecule has 0 bridgehead atoms. The largest absolute Gasteiger partial charge is 0.497 e. The lowest BCUT2D eigenvalue weighted by molar-refractivity contribution is 0.102. The van der Waals surface area contributed by atoms with Crippen molar-refractivity contribution in [3.05, 3.63) is 89.8 Å². The molecule has 0 aliphatic carbocycles. The lowest BCUT2D eigenvalue weighted by Gasteiger charge is -2.08. The molecule has 0 radical (unpaired) electrons. The Morgan fingerprint density at radius 3 is 2.53 bits per heavy atom. The van der Waals surface area contributed by atoms with Gasteiger partial charge in [0.2, 0.25) is 5.89 Å². The van der Waals surface area contributed by atoms with Crippen molar-refractivity contribution >= 4 is 11.6 Å². The van der Waals surface area contributed by atoms with Crippen molar-refractivity contribution < 1.29 is 18.7 Å². The van der Waals surface area contributed by atoms with Gasteiger partial charge in [0.25, 0.3) is 11.8 Å². The van der Waals surface area contributed by atoms with Crippen LogP contribution in [0.1, 0.15) is 21.8 Å². The van der Waals surface area contributed by atoms with Crippen LogP contribution in [-0.2, 0) is 6.61 Å². The van der Waals surface area contributed by atoms with Gasteiger partial charge in [-0.3, -0.25) is 4.79 Å². The van der Waals surface area contributed by atoms with Gasteiger partial charge in [-0.15, -0.1) is 10.2 Å². The molecule has 8 heteroatoms. The highest BCUT2D eigenvalue weighted by Gasteiger charge is 2.10. The lowest BCUT2D eigenvalue weighted by atomic mass is 10.1. The number of ether oxygens (including phenoxy) is 2. The van der Waals surface area contributed by atoms with Crippen molar-refractivity contribution in [3.8, 4) is 29.0 Å². The molecular weight excluding hydrogens is 408 g/mol. The van der Waals surface area contributed by atoms with Crippen molar-refractivity contribution in [1.29, 1.82) is 5.26 Å². The SMILES string of the molecule is COc1ccc(-c2nnc(COc3cccc(NC(=O)c4ccc(C#N)cc4)c3)o2)cc1. The molecular formula is C24H18N4O4. The Balaban J connectivity index is 1.37. The van der Waals surface area contributed by atoms with Gasteiger partial charge in [-0.25, -0.2) is 0 Å². The van der Waals surface area contributed by atoms with Crippen molar-refractivity contribution in [2.45, 2.75) is 6.61 Å². The first kappa shape index (κ1) is 20.6. The number of nitrogens with one attached hydrogen (secondary N) is 1. The number of hydrogen-bond acceptors (Lipinski definition) is 7. The van der Waals surface area contributed by atoms with E-state index >= 15 is 0 Å². The Hall–Kier alpha value is -4.64. The zero-order chi connectivity index (χ0) is 22.3. The zero-order valence-corrected chi connectivity index (χ0v) is 17.1. The summed E-state index contributed by atoms with van der Waals surface area (Å²) < 4.78 is 16.5. The summed E-state index contributed by atoms with van der Waals surface area (Å²) >= 11 is 0. The van der Waals surface area contributed by atoms with Crippen molar-refractivity contribution in [2.24, 2.45) is 0 Å². The van der Waals surface area contributed by atoms with Crippen LogP contribution in [0.3, 0.4) is 0 Å². The summed E-state index contributed by atoms with van der Waals surface area (Å²) in [6.07, 6.45) is 0. The van der Waals surface area contributed by atoms with Crippen LogP contribution in [0, 0.1) is 11.3 Å². The fraction of sp³-hybridized carbons (Fsp3) is 0.0833. The van der Waals surface area contributed by atoms with Crippen LogP contribution < -0.4 is 14.8 Å². The average molecular weight is 426 g/mol. The Morgan fingerprint density at radius 1 is 1.03 bits per heavy atom. The van der Waals surface area contributed by atoms with E-state index in [4.69, 9.17) is 19.2 Å². The molecule has 158 valence electrons. The van der Waals surface area contributed by atoms with E-state index in [1.807, 2.05) is 30.3 Å². The molecule has 8 nitrogen and oxygen atoms in total. The molecule has 0 unspecified atom stereocenters. The maximum absolute atomic E-state index is 12.4. The highest BCUT2D eigenvalue weighted by molar-refractivity contribution is 6.04. The van der Waals surface area contributed by atoms with E-state index in [-0.39, 0.29) is 12.5 Å². The number of nitrogens with zero attached hydrogens (tertiary/aromatic N) is 3. The number of nitriles is 1. The molecule has 0 atom stereocenters. The van der Waals surface area contributed by atoms with Crippen LogP contribution in [0.15, 0.2) is 77.2 Å². The fourth-order valence-corrected chi connectivity index (χ4v) is 2.87. The summed E-state index contributed by atoms with van der Waals surface area (Å²) in [4.78, 5) is 12.4. The summed E-state index contributed by atoms with van der Waals surface area (Å²) in [5, 5.41) is 19.7. The molecule has 0 saturated carbocycles. The topological polar surface area (TPSA) is 110 Å². The van der Waals surface area contributed by atoms with E-state index in [0.717, 1.165) is 11.3 Å². The number of anilines is 1. The molecule has 0 fully saturated rings. The van der Waals surface area contributed by atoms with E-state index in [0.29, 0.717) is 34.3 Å². The predicted octanol–water partition coefficient (Wildman–Crippen LogP) is 4.45. The number of benzene rings is 3. The number of aromatic nitrogens is 2. The maximum atomic E-state index is 12.4. The molecule has 1 heterocycles. The first-order valence-corrected chi connectivity index (χ1v) is 9.66. The third-order valence-electron chi connectivity index (χ3n) is 4.53. The van der Waals surface area contributed by atoms with Crippen LogP contribution in [0.4, 0.5) is 5.69 Å². The first-order chi connectivity index (χ1) is 15.6. The summed E-state index contributed by atoms with van der Waals surface area (Å²) in [5.41, 5.74) is 2.29. The summed E-state index contributed by atoms with van der Waals surface area (Å²) in [6, 6.07) is 22.7. The molecule has 0 aliphatic heterocycles. The Bertz CT molecular complexity index is 1260. The van der Waals surface area contributed by atoms with E-state index in [9.17, 15) is 4.79 Å². The van der Waals surface area contributed by atoms with Gasteiger partial charge in [0.1, 0.15) is 11.5 Å². The second-order valence-electron chi connectivity index (χ2n) is 6.69. The zero-order valence-electron chi connectivity index (χ0n) is 17.1. The lowest BCUT2D eigenvalue weighted by Crippen LogP contribution is -2.11. The first-order valence-electron chi connectivity index (χ1n) is 9.66. The summed E-state index contributed by atoms with van der Waals surface area (Å²) in [5.74, 6) is 1.69. The van der Waals surface area contributed by atoms with E-state index in [1.165, 1.54) is 0 Å². The van der Waals surface area contributed by atoms with Crippen molar-refractivity contribution in [3.63, 3.8) is 0 Å². The quantitative estimate of drug-likeness (QED) is 0.465. The Labute approximate surface area is 184 Å². The third-order valence-corrected chi connectivity index (χ3v) is 4.53. The number of amides is 1. The van der Waals surface area contributed by atoms with Gasteiger partial charge in [-0.1, -0.05) is 6.07 Å². The number of rotatable bonds is 7. The average Bonchev–Trinajstić information content (AvgIpc) is 3.32. The van der Waals surface area contributed by atoms with Gasteiger partial charge < -0.3 is 19.2 Å². The second-order valence-corrected chi connectivity index (χ2v) is 6.69. The molecule has 1 N–H and O–H groups in total. The predicted molar refractivity (Wildman–Crippen MR) is 116 cm³/mol. The molecule has 1 amide bonds. The molecule has 0 spiro atoms. The molecule has 0 saturated heterocycles. The van der Waals surface area contributed by atoms with Crippen molar-refractivity contribution in [2.75, 3.05) is 12.4 Å². The minimum Gasteiger partial charge on any atom is -0.497 e. The molecule has 3 aromatic carbocycles. The van der Waals surface area contributed by atoms with Gasteiger partial charge in [-0.05, 0) is 60.7 Å². The number of methoxy groups -OCH3 is 1. The molecule has 1 aromatic heterocycles. The minimum atomic E-state index is -0.285. The Kier molecular flexibility index (Phi) is 6.09. The highest BCUT2D eigenvalue weighted by Crippen LogP contribution is 2.23. The fourth-order valence-electron chi connectivity index (χ4n) is 2.87. The van der Waals surface area contributed by atoms with E-state index in [1.54, 1.807) is 55.6 Å². The molecule has 0 aliphatic rings. The van der Waals surface area contributed by atoms with Crippen molar-refractivity contribution in [1.82, 2.24) is 10.2 Å². The number of carbonyl (C=O) groups is 1. The van der Waals surface area contributed by atoms with Gasteiger partial charge in [-0.2, -0.15) is 5.26 Å².